The minimum atomic E-state index is 0.670. The molecule has 2 rings (SSSR count). The summed E-state index contributed by atoms with van der Waals surface area (Å²) in [5.41, 5.74) is 0. The van der Waals surface area contributed by atoms with Crippen LogP contribution in [0.25, 0.3) is 0 Å². The van der Waals surface area contributed by atoms with Crippen LogP contribution in [0.3, 0.4) is 0 Å². The largest absolute Gasteiger partial charge is 0.345 e. The number of hydrogen-bond acceptors (Lipinski definition) is 1. The van der Waals surface area contributed by atoms with Gasteiger partial charge >= 0.3 is 0 Å². The number of hydrogen-bond donors (Lipinski definition) is 1. The standard InChI is InChI=1S/C9H13N/c1-7-2-3-9(7)8-4-5-10-6-8/h7-10H,2-3,6H2,1H3. The molecule has 0 radical (unpaired) electrons. The highest BCUT2D eigenvalue weighted by Gasteiger charge is 2.33. The Morgan fingerprint density at radius 3 is 2.70 bits per heavy atom. The average Bonchev–Trinajstić information content (AvgIpc) is 2.37. The third kappa shape index (κ3) is 0.794. The number of rotatable bonds is 1. The van der Waals surface area contributed by atoms with Gasteiger partial charge in [0.05, 0.1) is 0 Å². The van der Waals surface area contributed by atoms with Crippen LogP contribution in [-0.2, 0) is 0 Å². The molecule has 1 fully saturated rings. The van der Waals surface area contributed by atoms with E-state index in [4.69, 9.17) is 0 Å². The van der Waals surface area contributed by atoms with Crippen LogP contribution in [0.2, 0.25) is 0 Å². The maximum atomic E-state index is 3.23. The maximum absolute atomic E-state index is 3.23. The van der Waals surface area contributed by atoms with Gasteiger partial charge in [-0.05, 0) is 18.3 Å². The van der Waals surface area contributed by atoms with Crippen molar-refractivity contribution in [1.82, 2.24) is 5.32 Å². The van der Waals surface area contributed by atoms with E-state index >= 15 is 0 Å². The molecule has 54 valence electrons. The topological polar surface area (TPSA) is 12.0 Å². The van der Waals surface area contributed by atoms with Gasteiger partial charge in [0.15, 0.2) is 0 Å². The summed E-state index contributed by atoms with van der Waals surface area (Å²) >= 11 is 0. The average molecular weight is 135 g/mol. The predicted octanol–water partition coefficient (Wildman–Crippen LogP) is 1.21. The molecule has 3 unspecified atom stereocenters. The number of nitrogens with one attached hydrogen (secondary N) is 1. The van der Waals surface area contributed by atoms with Crippen LogP contribution in [0.4, 0.5) is 0 Å². The monoisotopic (exact) mass is 135 g/mol. The zero-order chi connectivity index (χ0) is 6.97. The van der Waals surface area contributed by atoms with Crippen molar-refractivity contribution < 1.29 is 0 Å². The molecule has 0 amide bonds. The molecule has 10 heavy (non-hydrogen) atoms. The lowest BCUT2D eigenvalue weighted by atomic mass is 9.68. The van der Waals surface area contributed by atoms with Gasteiger partial charge in [0.2, 0.25) is 0 Å². The molecular weight excluding hydrogens is 122 g/mol. The van der Waals surface area contributed by atoms with E-state index in [0.717, 1.165) is 18.4 Å². The second kappa shape index (κ2) is 2.20. The Labute approximate surface area is 62.2 Å². The van der Waals surface area contributed by atoms with Crippen molar-refractivity contribution in [2.45, 2.75) is 19.8 Å². The molecule has 3 atom stereocenters. The van der Waals surface area contributed by atoms with Gasteiger partial charge in [0.25, 0.3) is 0 Å². The van der Waals surface area contributed by atoms with Crippen LogP contribution in [-0.4, -0.2) is 6.54 Å². The molecule has 1 saturated carbocycles. The fourth-order valence-electron chi connectivity index (χ4n) is 1.90. The first-order chi connectivity index (χ1) is 4.88. The molecule has 0 bridgehead atoms. The van der Waals surface area contributed by atoms with Gasteiger partial charge in [-0.2, -0.15) is 0 Å². The highest BCUT2D eigenvalue weighted by molar-refractivity contribution is 5.12. The third-order valence-corrected chi connectivity index (χ3v) is 2.87. The fourth-order valence-corrected chi connectivity index (χ4v) is 1.90. The van der Waals surface area contributed by atoms with E-state index in [0.29, 0.717) is 5.92 Å². The van der Waals surface area contributed by atoms with E-state index in [1.807, 2.05) is 0 Å². The van der Waals surface area contributed by atoms with Crippen molar-refractivity contribution in [3.05, 3.63) is 0 Å². The molecular formula is C9H13N. The molecule has 0 aromatic rings. The van der Waals surface area contributed by atoms with Gasteiger partial charge in [-0.3, -0.25) is 0 Å². The Kier molecular flexibility index (Phi) is 1.34. The quantitative estimate of drug-likeness (QED) is 0.533. The Morgan fingerprint density at radius 2 is 2.30 bits per heavy atom. The molecule has 1 aliphatic carbocycles. The zero-order valence-corrected chi connectivity index (χ0v) is 6.35. The van der Waals surface area contributed by atoms with Gasteiger partial charge in [-0.15, -0.1) is 0 Å². The minimum absolute atomic E-state index is 0.670. The molecule has 1 nitrogen and oxygen atoms in total. The fraction of sp³-hybridized carbons (Fsp3) is 0.778. The van der Waals surface area contributed by atoms with Crippen LogP contribution >= 0.6 is 0 Å². The predicted molar refractivity (Wildman–Crippen MR) is 41.2 cm³/mol. The summed E-state index contributed by atoms with van der Waals surface area (Å²) < 4.78 is 0. The lowest BCUT2D eigenvalue weighted by molar-refractivity contribution is 0.152. The van der Waals surface area contributed by atoms with Gasteiger partial charge in [0, 0.05) is 18.5 Å². The SMILES string of the molecule is CC1CCC1C1C#CNC1. The molecule has 0 spiro atoms. The first-order valence-corrected chi connectivity index (χ1v) is 4.11. The normalized spacial score (nSPS) is 43.1. The van der Waals surface area contributed by atoms with Crippen molar-refractivity contribution >= 4 is 0 Å². The smallest absolute Gasteiger partial charge is 0.0431 e. The van der Waals surface area contributed by atoms with Gasteiger partial charge in [-0.1, -0.05) is 19.3 Å². The summed E-state index contributed by atoms with van der Waals surface area (Å²) in [5, 5.41) is 3.08. The van der Waals surface area contributed by atoms with Crippen LogP contribution < -0.4 is 5.32 Å². The second-order valence-corrected chi connectivity index (χ2v) is 3.48. The Balaban J connectivity index is 1.95. The molecule has 1 N–H and O–H groups in total. The summed E-state index contributed by atoms with van der Waals surface area (Å²) in [6, 6.07) is 2.94. The molecule has 0 saturated heterocycles. The highest BCUT2D eigenvalue weighted by atomic mass is 14.8. The van der Waals surface area contributed by atoms with Crippen molar-refractivity contribution in [2.75, 3.05) is 6.54 Å². The summed E-state index contributed by atoms with van der Waals surface area (Å²) in [7, 11) is 0. The van der Waals surface area contributed by atoms with Crippen molar-refractivity contribution in [1.29, 1.82) is 0 Å². The van der Waals surface area contributed by atoms with E-state index in [2.05, 4.69) is 24.2 Å². The first kappa shape index (κ1) is 6.09. The molecule has 0 aromatic heterocycles. The zero-order valence-electron chi connectivity index (χ0n) is 6.35. The molecule has 2 aliphatic rings. The highest BCUT2D eigenvalue weighted by Crippen LogP contribution is 2.39. The van der Waals surface area contributed by atoms with Crippen LogP contribution in [0.1, 0.15) is 19.8 Å². The van der Waals surface area contributed by atoms with Crippen LogP contribution in [0.5, 0.6) is 0 Å². The maximum Gasteiger partial charge on any atom is 0.0431 e. The summed E-state index contributed by atoms with van der Waals surface area (Å²) in [6.07, 6.45) is 2.82. The summed E-state index contributed by atoms with van der Waals surface area (Å²) in [6.45, 7) is 3.42. The van der Waals surface area contributed by atoms with E-state index in [9.17, 15) is 0 Å². The van der Waals surface area contributed by atoms with Crippen LogP contribution in [0, 0.1) is 29.7 Å². The van der Waals surface area contributed by atoms with E-state index in [1.165, 1.54) is 12.8 Å². The lowest BCUT2D eigenvalue weighted by Gasteiger charge is -2.36. The van der Waals surface area contributed by atoms with Gasteiger partial charge in [0.1, 0.15) is 0 Å². The Bertz CT molecular complexity index is 187. The van der Waals surface area contributed by atoms with Gasteiger partial charge < -0.3 is 5.32 Å². The molecule has 1 heteroatoms. The van der Waals surface area contributed by atoms with E-state index in [1.54, 1.807) is 0 Å². The Morgan fingerprint density at radius 1 is 1.40 bits per heavy atom. The lowest BCUT2D eigenvalue weighted by Crippen LogP contribution is -2.32. The van der Waals surface area contributed by atoms with Gasteiger partial charge in [-0.25, -0.2) is 0 Å². The summed E-state index contributed by atoms with van der Waals surface area (Å²) in [4.78, 5) is 0. The van der Waals surface area contributed by atoms with E-state index < -0.39 is 0 Å². The molecule has 0 aromatic carbocycles. The summed E-state index contributed by atoms with van der Waals surface area (Å²) in [5.74, 6) is 5.73. The minimum Gasteiger partial charge on any atom is -0.345 e. The second-order valence-electron chi connectivity index (χ2n) is 3.48. The molecule has 1 aliphatic heterocycles. The van der Waals surface area contributed by atoms with Crippen molar-refractivity contribution in [2.24, 2.45) is 17.8 Å². The third-order valence-electron chi connectivity index (χ3n) is 2.87. The van der Waals surface area contributed by atoms with E-state index in [-0.39, 0.29) is 0 Å². The first-order valence-electron chi connectivity index (χ1n) is 4.11. The van der Waals surface area contributed by atoms with Crippen molar-refractivity contribution in [3.8, 4) is 12.0 Å². The Hall–Kier alpha value is -0.640. The van der Waals surface area contributed by atoms with Crippen molar-refractivity contribution in [3.63, 3.8) is 0 Å². The van der Waals surface area contributed by atoms with Crippen LogP contribution in [0.15, 0.2) is 0 Å². The molecule has 1 heterocycles.